The van der Waals surface area contributed by atoms with Crippen LogP contribution in [-0.2, 0) is 9.47 Å². The van der Waals surface area contributed by atoms with Crippen molar-refractivity contribution in [3.63, 3.8) is 0 Å². The molecule has 4 N–H and O–H groups in total. The van der Waals surface area contributed by atoms with Gasteiger partial charge in [0.15, 0.2) is 6.29 Å². The van der Waals surface area contributed by atoms with Crippen molar-refractivity contribution in [2.24, 2.45) is 0 Å². The Balaban J connectivity index is 2.39. The highest BCUT2D eigenvalue weighted by Crippen LogP contribution is 2.16. The molecule has 6 heteroatoms. The maximum absolute atomic E-state index is 9.38. The largest absolute Gasteiger partial charge is 0.391 e. The van der Waals surface area contributed by atoms with Crippen molar-refractivity contribution in [1.29, 1.82) is 0 Å². The molecule has 0 aliphatic carbocycles. The molecule has 0 bridgehead atoms. The Morgan fingerprint density at radius 1 is 1.36 bits per heavy atom. The third-order valence-corrected chi connectivity index (χ3v) is 1.96. The molecule has 0 spiro atoms. The van der Waals surface area contributed by atoms with Gasteiger partial charge in [0.1, 0.15) is 18.3 Å². The van der Waals surface area contributed by atoms with Crippen LogP contribution in [0.3, 0.4) is 0 Å². The summed E-state index contributed by atoms with van der Waals surface area (Å²) in [6, 6.07) is 0. The first-order valence-corrected chi connectivity index (χ1v) is 4.48. The van der Waals surface area contributed by atoms with E-state index in [1.165, 1.54) is 6.92 Å². The summed E-state index contributed by atoms with van der Waals surface area (Å²) < 4.78 is 9.91. The summed E-state index contributed by atoms with van der Waals surface area (Å²) in [5.41, 5.74) is 0. The molecule has 1 fully saturated rings. The lowest BCUT2D eigenvalue weighted by atomic mass is 10.1. The van der Waals surface area contributed by atoms with Gasteiger partial charge in [0.05, 0.1) is 19.3 Å². The van der Waals surface area contributed by atoms with Crippen molar-refractivity contribution in [2.45, 2.75) is 37.6 Å². The van der Waals surface area contributed by atoms with Gasteiger partial charge >= 0.3 is 0 Å². The quantitative estimate of drug-likeness (QED) is 0.421. The Kier molecular flexibility index (Phi) is 4.24. The molecule has 0 aromatic carbocycles. The number of ether oxygens (including phenoxy) is 2. The van der Waals surface area contributed by atoms with Gasteiger partial charge in [0, 0.05) is 0 Å². The van der Waals surface area contributed by atoms with Crippen LogP contribution in [0.1, 0.15) is 6.92 Å². The first-order chi connectivity index (χ1) is 6.52. The number of aliphatic hydroxyl groups excluding tert-OH is 4. The minimum Gasteiger partial charge on any atom is -0.391 e. The van der Waals surface area contributed by atoms with Gasteiger partial charge in [-0.1, -0.05) is 0 Å². The Hall–Kier alpha value is -0.240. The predicted molar refractivity (Wildman–Crippen MR) is 45.4 cm³/mol. The molecule has 1 aliphatic heterocycles. The highest BCUT2D eigenvalue weighted by Gasteiger charge is 2.38. The summed E-state index contributed by atoms with van der Waals surface area (Å²) in [5.74, 6) is 0. The van der Waals surface area contributed by atoms with Gasteiger partial charge < -0.3 is 29.9 Å². The van der Waals surface area contributed by atoms with E-state index in [4.69, 9.17) is 19.7 Å². The van der Waals surface area contributed by atoms with Crippen LogP contribution in [0.5, 0.6) is 0 Å². The van der Waals surface area contributed by atoms with E-state index in [-0.39, 0.29) is 13.2 Å². The van der Waals surface area contributed by atoms with Crippen molar-refractivity contribution in [3.05, 3.63) is 0 Å². The molecule has 1 rings (SSSR count). The molecule has 6 nitrogen and oxygen atoms in total. The molecule has 1 unspecified atom stereocenters. The van der Waals surface area contributed by atoms with E-state index < -0.39 is 30.7 Å². The Morgan fingerprint density at radius 2 is 2.00 bits per heavy atom. The molecule has 0 radical (unpaired) electrons. The minimum atomic E-state index is -1.29. The van der Waals surface area contributed by atoms with Crippen molar-refractivity contribution < 1.29 is 29.9 Å². The lowest BCUT2D eigenvalue weighted by molar-refractivity contribution is -0.273. The summed E-state index contributed by atoms with van der Waals surface area (Å²) in [6.45, 7) is 1.44. The van der Waals surface area contributed by atoms with Crippen LogP contribution < -0.4 is 0 Å². The second-order valence-electron chi connectivity index (χ2n) is 3.43. The van der Waals surface area contributed by atoms with Crippen LogP contribution in [0, 0.1) is 0 Å². The van der Waals surface area contributed by atoms with Crippen LogP contribution in [0.15, 0.2) is 0 Å². The van der Waals surface area contributed by atoms with Crippen LogP contribution >= 0.6 is 0 Å². The highest BCUT2D eigenvalue weighted by atomic mass is 16.7. The van der Waals surface area contributed by atoms with Gasteiger partial charge in [-0.25, -0.2) is 0 Å². The second kappa shape index (κ2) is 5.01. The smallest absolute Gasteiger partial charge is 0.186 e. The second-order valence-corrected chi connectivity index (χ2v) is 3.43. The molecular formula is C8H16O6. The van der Waals surface area contributed by atoms with Crippen LogP contribution in [-0.4, -0.2) is 64.3 Å². The lowest BCUT2D eigenvalue weighted by Crippen LogP contribution is -2.54. The van der Waals surface area contributed by atoms with E-state index in [1.807, 2.05) is 0 Å². The van der Waals surface area contributed by atoms with Crippen molar-refractivity contribution >= 4 is 0 Å². The first kappa shape index (κ1) is 11.8. The molecule has 0 aromatic rings. The molecule has 5 atom stereocenters. The Bertz CT molecular complexity index is 173. The topological polar surface area (TPSA) is 99.4 Å². The Labute approximate surface area is 81.7 Å². The number of aliphatic hydroxyl groups is 4. The molecule has 1 heterocycles. The summed E-state index contributed by atoms with van der Waals surface area (Å²) in [5, 5.41) is 36.7. The molecular weight excluding hydrogens is 192 g/mol. The van der Waals surface area contributed by atoms with E-state index >= 15 is 0 Å². The van der Waals surface area contributed by atoms with Crippen LogP contribution in [0.2, 0.25) is 0 Å². The molecule has 0 amide bonds. The van der Waals surface area contributed by atoms with E-state index in [2.05, 4.69) is 0 Å². The molecule has 1 aliphatic rings. The summed E-state index contributed by atoms with van der Waals surface area (Å²) in [4.78, 5) is 0. The molecule has 1 saturated heterocycles. The minimum absolute atomic E-state index is 0.00451. The van der Waals surface area contributed by atoms with E-state index in [9.17, 15) is 10.2 Å². The zero-order valence-corrected chi connectivity index (χ0v) is 7.91. The van der Waals surface area contributed by atoms with Crippen molar-refractivity contribution in [3.8, 4) is 0 Å². The molecule has 0 aromatic heterocycles. The maximum atomic E-state index is 9.38. The van der Waals surface area contributed by atoms with E-state index in [0.717, 1.165) is 0 Å². The lowest BCUT2D eigenvalue weighted by Gasteiger charge is -2.35. The van der Waals surface area contributed by atoms with Gasteiger partial charge in [0.2, 0.25) is 0 Å². The zero-order chi connectivity index (χ0) is 10.7. The fraction of sp³-hybridized carbons (Fsp3) is 1.00. The standard InChI is InChI=1S/C8H16O6/c1-4(9)2-13-8-7(12)6(11)5(10)3-14-8/h4-12H,2-3H2,1H3/t4?,5-,6+,7-,8+/m1/s1. The third kappa shape index (κ3) is 2.88. The number of hydrogen-bond donors (Lipinski definition) is 4. The molecule has 14 heavy (non-hydrogen) atoms. The molecule has 84 valence electrons. The predicted octanol–water partition coefficient (Wildman–Crippen LogP) is -2.18. The maximum Gasteiger partial charge on any atom is 0.186 e. The van der Waals surface area contributed by atoms with Gasteiger partial charge in [-0.05, 0) is 6.92 Å². The fourth-order valence-corrected chi connectivity index (χ4v) is 1.16. The van der Waals surface area contributed by atoms with Gasteiger partial charge in [-0.3, -0.25) is 0 Å². The van der Waals surface area contributed by atoms with Gasteiger partial charge in [0.25, 0.3) is 0 Å². The third-order valence-electron chi connectivity index (χ3n) is 1.96. The summed E-state index contributed by atoms with van der Waals surface area (Å²) >= 11 is 0. The normalized spacial score (nSPS) is 40.9. The molecule has 0 saturated carbocycles. The van der Waals surface area contributed by atoms with Crippen molar-refractivity contribution in [2.75, 3.05) is 13.2 Å². The van der Waals surface area contributed by atoms with Gasteiger partial charge in [-0.2, -0.15) is 0 Å². The van der Waals surface area contributed by atoms with Crippen LogP contribution in [0.4, 0.5) is 0 Å². The van der Waals surface area contributed by atoms with Crippen molar-refractivity contribution in [1.82, 2.24) is 0 Å². The van der Waals surface area contributed by atoms with E-state index in [0.29, 0.717) is 0 Å². The number of hydrogen-bond acceptors (Lipinski definition) is 6. The summed E-state index contributed by atoms with van der Waals surface area (Å²) in [6.07, 6.45) is -5.34. The highest BCUT2D eigenvalue weighted by molar-refractivity contribution is 4.82. The SMILES string of the molecule is CC(O)CO[C@H]1OC[C@@H](O)[C@H](O)[C@H]1O. The fourth-order valence-electron chi connectivity index (χ4n) is 1.16. The summed E-state index contributed by atoms with van der Waals surface area (Å²) in [7, 11) is 0. The van der Waals surface area contributed by atoms with E-state index in [1.54, 1.807) is 0 Å². The number of rotatable bonds is 3. The van der Waals surface area contributed by atoms with Gasteiger partial charge in [-0.15, -0.1) is 0 Å². The van der Waals surface area contributed by atoms with Crippen LogP contribution in [0.25, 0.3) is 0 Å². The zero-order valence-electron chi connectivity index (χ0n) is 7.91. The monoisotopic (exact) mass is 208 g/mol. The average Bonchev–Trinajstić information content (AvgIpc) is 2.13. The Morgan fingerprint density at radius 3 is 2.57 bits per heavy atom. The average molecular weight is 208 g/mol. The first-order valence-electron chi connectivity index (χ1n) is 4.48.